The van der Waals surface area contributed by atoms with Crippen LogP contribution in [0.2, 0.25) is 0 Å². The summed E-state index contributed by atoms with van der Waals surface area (Å²) in [7, 11) is 0. The number of rotatable bonds is 8. The number of amides is 1. The van der Waals surface area contributed by atoms with Crippen LogP contribution in [0, 0.1) is 6.92 Å². The van der Waals surface area contributed by atoms with Crippen molar-refractivity contribution in [2.75, 3.05) is 19.6 Å². The number of hydrogen-bond acceptors (Lipinski definition) is 6. The maximum Gasteiger partial charge on any atom is 0.258 e. The first-order valence-electron chi connectivity index (χ1n) is 10.5. The van der Waals surface area contributed by atoms with E-state index in [-0.39, 0.29) is 17.4 Å². The molecule has 168 valence electrons. The Kier molecular flexibility index (Phi) is 7.91. The van der Waals surface area contributed by atoms with Crippen LogP contribution in [0.4, 0.5) is 0 Å². The Hall–Kier alpha value is -2.59. The summed E-state index contributed by atoms with van der Waals surface area (Å²) in [6.45, 7) is 3.83. The molecular weight excluding hydrogens is 414 g/mol. The number of thioether (sulfide) groups is 1. The maximum absolute atomic E-state index is 12.6. The van der Waals surface area contributed by atoms with Gasteiger partial charge in [-0.2, -0.15) is 11.8 Å². The maximum atomic E-state index is 12.6. The van der Waals surface area contributed by atoms with Crippen LogP contribution in [-0.4, -0.2) is 57.7 Å². The number of nitrogens with zero attached hydrogens (tertiary/aromatic N) is 3. The van der Waals surface area contributed by atoms with Gasteiger partial charge in [0.2, 0.25) is 5.91 Å². The van der Waals surface area contributed by atoms with Gasteiger partial charge in [0.05, 0.1) is 22.7 Å². The van der Waals surface area contributed by atoms with E-state index in [4.69, 9.17) is 17.2 Å². The van der Waals surface area contributed by atoms with E-state index in [1.54, 1.807) is 17.8 Å². The highest BCUT2D eigenvalue weighted by Crippen LogP contribution is 2.26. The molecule has 10 heteroatoms. The highest BCUT2D eigenvalue weighted by molar-refractivity contribution is 7.99. The molecule has 1 aromatic heterocycles. The van der Waals surface area contributed by atoms with E-state index in [9.17, 15) is 9.59 Å². The van der Waals surface area contributed by atoms with Crippen LogP contribution in [-0.2, 0) is 10.5 Å². The third-order valence-corrected chi connectivity index (χ3v) is 6.86. The Bertz CT molecular complexity index is 995. The largest absolute Gasteiger partial charge is 0.370 e. The van der Waals surface area contributed by atoms with Gasteiger partial charge in [0.1, 0.15) is 5.82 Å². The van der Waals surface area contributed by atoms with Crippen molar-refractivity contribution in [1.29, 1.82) is 0 Å². The SMILES string of the molecule is Cc1cccc2c(=O)[nH]c(CSC3CCN(C(=O)[C@H](N)CCCN=C(N)N)CC3)nc12. The molecule has 1 saturated heterocycles. The molecule has 0 bridgehead atoms. The van der Waals surface area contributed by atoms with Crippen molar-refractivity contribution in [2.45, 2.75) is 49.7 Å². The van der Waals surface area contributed by atoms with Crippen molar-refractivity contribution < 1.29 is 4.79 Å². The van der Waals surface area contributed by atoms with Gasteiger partial charge < -0.3 is 27.1 Å². The summed E-state index contributed by atoms with van der Waals surface area (Å²) in [5, 5.41) is 1.04. The van der Waals surface area contributed by atoms with Gasteiger partial charge in [-0.1, -0.05) is 12.1 Å². The van der Waals surface area contributed by atoms with E-state index in [0.29, 0.717) is 54.7 Å². The topological polar surface area (TPSA) is 156 Å². The number of hydrogen-bond donors (Lipinski definition) is 4. The average molecular weight is 446 g/mol. The molecule has 2 aromatic rings. The van der Waals surface area contributed by atoms with Gasteiger partial charge in [-0.3, -0.25) is 14.6 Å². The highest BCUT2D eigenvalue weighted by Gasteiger charge is 2.26. The lowest BCUT2D eigenvalue weighted by Crippen LogP contribution is -2.47. The number of nitrogens with two attached hydrogens (primary N) is 3. The van der Waals surface area contributed by atoms with Crippen molar-refractivity contribution in [3.8, 4) is 0 Å². The van der Waals surface area contributed by atoms with Gasteiger partial charge in [-0.25, -0.2) is 4.98 Å². The van der Waals surface area contributed by atoms with Gasteiger partial charge in [0, 0.05) is 24.9 Å². The molecule has 1 aliphatic heterocycles. The zero-order chi connectivity index (χ0) is 22.4. The normalized spacial score (nSPS) is 15.7. The van der Waals surface area contributed by atoms with Gasteiger partial charge in [0.25, 0.3) is 5.56 Å². The number of nitrogens with one attached hydrogen (secondary N) is 1. The molecule has 1 atom stereocenters. The predicted molar refractivity (Wildman–Crippen MR) is 126 cm³/mol. The third-order valence-electron chi connectivity index (χ3n) is 5.48. The molecule has 0 saturated carbocycles. The summed E-state index contributed by atoms with van der Waals surface area (Å²) < 4.78 is 0. The molecule has 1 fully saturated rings. The second-order valence-electron chi connectivity index (χ2n) is 7.87. The number of H-pyrrole nitrogens is 1. The fraction of sp³-hybridized carbons (Fsp3) is 0.524. The molecule has 0 spiro atoms. The quantitative estimate of drug-likeness (QED) is 0.266. The number of para-hydroxylation sites is 1. The minimum Gasteiger partial charge on any atom is -0.370 e. The van der Waals surface area contributed by atoms with Gasteiger partial charge in [-0.15, -0.1) is 0 Å². The number of aryl methyl sites for hydroxylation is 1. The number of aromatic nitrogens is 2. The fourth-order valence-electron chi connectivity index (χ4n) is 3.74. The number of aromatic amines is 1. The van der Waals surface area contributed by atoms with Crippen molar-refractivity contribution in [3.05, 3.63) is 39.9 Å². The fourth-order valence-corrected chi connectivity index (χ4v) is 4.81. The van der Waals surface area contributed by atoms with Crippen LogP contribution < -0.4 is 22.8 Å². The summed E-state index contributed by atoms with van der Waals surface area (Å²) in [5.41, 5.74) is 18.3. The number of carbonyl (C=O) groups is 1. The first kappa shape index (κ1) is 23.1. The minimum absolute atomic E-state index is 0.0100. The molecule has 0 aliphatic carbocycles. The summed E-state index contributed by atoms with van der Waals surface area (Å²) in [6.07, 6.45) is 3.03. The highest BCUT2D eigenvalue weighted by atomic mass is 32.2. The smallest absolute Gasteiger partial charge is 0.258 e. The Labute approximate surface area is 185 Å². The van der Waals surface area contributed by atoms with Crippen molar-refractivity contribution in [1.82, 2.24) is 14.9 Å². The monoisotopic (exact) mass is 445 g/mol. The standard InChI is InChI=1S/C21H31N7O2S/c1-13-4-2-5-15-18(13)26-17(27-19(15)29)12-31-14-7-10-28(11-8-14)20(30)16(22)6-3-9-25-21(23)24/h2,4-5,14,16H,3,6-12,22H2,1H3,(H4,23,24,25)(H,26,27,29)/t16-/m1/s1. The number of piperidine rings is 1. The summed E-state index contributed by atoms with van der Waals surface area (Å²) in [5.74, 6) is 1.38. The first-order valence-corrected chi connectivity index (χ1v) is 11.6. The predicted octanol–water partition coefficient (Wildman–Crippen LogP) is 0.837. The Morgan fingerprint density at radius 3 is 2.81 bits per heavy atom. The van der Waals surface area contributed by atoms with E-state index in [1.807, 2.05) is 24.0 Å². The zero-order valence-corrected chi connectivity index (χ0v) is 18.7. The minimum atomic E-state index is -0.520. The summed E-state index contributed by atoms with van der Waals surface area (Å²) in [6, 6.07) is 5.11. The number of likely N-dealkylation sites (tertiary alicyclic amines) is 1. The van der Waals surface area contributed by atoms with Crippen molar-refractivity contribution >= 4 is 34.5 Å². The molecule has 31 heavy (non-hydrogen) atoms. The second kappa shape index (κ2) is 10.6. The summed E-state index contributed by atoms with van der Waals surface area (Å²) >= 11 is 1.78. The van der Waals surface area contributed by atoms with E-state index in [0.717, 1.165) is 23.9 Å². The molecule has 9 nitrogen and oxygen atoms in total. The molecule has 1 amide bonds. The second-order valence-corrected chi connectivity index (χ2v) is 9.16. The van der Waals surface area contributed by atoms with Gasteiger partial charge in [0.15, 0.2) is 5.96 Å². The Morgan fingerprint density at radius 2 is 2.10 bits per heavy atom. The molecular formula is C21H31N7O2S. The van der Waals surface area contributed by atoms with Crippen LogP contribution in [0.1, 0.15) is 37.1 Å². The molecule has 2 heterocycles. The van der Waals surface area contributed by atoms with Crippen molar-refractivity contribution in [3.63, 3.8) is 0 Å². The zero-order valence-electron chi connectivity index (χ0n) is 17.8. The van der Waals surface area contributed by atoms with E-state index >= 15 is 0 Å². The van der Waals surface area contributed by atoms with Crippen molar-refractivity contribution in [2.24, 2.45) is 22.2 Å². The molecule has 1 aromatic carbocycles. The average Bonchev–Trinajstić information content (AvgIpc) is 2.75. The van der Waals surface area contributed by atoms with Crippen LogP contribution in [0.3, 0.4) is 0 Å². The summed E-state index contributed by atoms with van der Waals surface area (Å²) in [4.78, 5) is 38.2. The van der Waals surface area contributed by atoms with Crippen LogP contribution in [0.15, 0.2) is 28.0 Å². The van der Waals surface area contributed by atoms with Crippen LogP contribution in [0.25, 0.3) is 10.9 Å². The number of guanidine groups is 1. The van der Waals surface area contributed by atoms with E-state index in [1.165, 1.54) is 0 Å². The first-order chi connectivity index (χ1) is 14.8. The molecule has 3 rings (SSSR count). The molecule has 1 aliphatic rings. The van der Waals surface area contributed by atoms with E-state index < -0.39 is 6.04 Å². The number of benzene rings is 1. The molecule has 0 unspecified atom stereocenters. The van der Waals surface area contributed by atoms with Gasteiger partial charge in [-0.05, 0) is 44.2 Å². The third kappa shape index (κ3) is 6.20. The lowest BCUT2D eigenvalue weighted by atomic mass is 10.1. The number of carbonyl (C=O) groups excluding carboxylic acids is 1. The number of fused-ring (bicyclic) bond motifs is 1. The van der Waals surface area contributed by atoms with E-state index in [2.05, 4.69) is 15.0 Å². The Morgan fingerprint density at radius 1 is 1.35 bits per heavy atom. The Balaban J connectivity index is 1.47. The van der Waals surface area contributed by atoms with Crippen LogP contribution in [0.5, 0.6) is 0 Å². The van der Waals surface area contributed by atoms with Crippen LogP contribution >= 0.6 is 11.8 Å². The lowest BCUT2D eigenvalue weighted by Gasteiger charge is -2.33. The number of aliphatic imine (C=N–C) groups is 1. The molecule has 0 radical (unpaired) electrons. The van der Waals surface area contributed by atoms with Gasteiger partial charge >= 0.3 is 0 Å². The lowest BCUT2D eigenvalue weighted by molar-refractivity contribution is -0.133. The molecule has 7 N–H and O–H groups in total.